The summed E-state index contributed by atoms with van der Waals surface area (Å²) >= 11 is 0. The van der Waals surface area contributed by atoms with Crippen molar-refractivity contribution in [1.82, 2.24) is 19.4 Å². The third kappa shape index (κ3) is 3.92. The Hall–Kier alpha value is -1.41. The second kappa shape index (κ2) is 6.60. The Morgan fingerprint density at radius 2 is 2.09 bits per heavy atom. The minimum Gasteiger partial charge on any atom is -0.351 e. The highest BCUT2D eigenvalue weighted by Gasteiger charge is 2.31. The van der Waals surface area contributed by atoms with Crippen LogP contribution in [0.1, 0.15) is 44.0 Å². The maximum atomic E-state index is 12.6. The van der Waals surface area contributed by atoms with Crippen LogP contribution in [0, 0.1) is 5.92 Å². The number of fused-ring (bicyclic) bond motifs is 1. The van der Waals surface area contributed by atoms with E-state index in [0.717, 1.165) is 37.1 Å². The van der Waals surface area contributed by atoms with E-state index in [-0.39, 0.29) is 11.7 Å². The minimum atomic E-state index is -3.20. The van der Waals surface area contributed by atoms with Crippen LogP contribution < -0.4 is 5.32 Å². The summed E-state index contributed by atoms with van der Waals surface area (Å²) in [6.45, 7) is 3.27. The first-order valence-electron chi connectivity index (χ1n) is 8.22. The highest BCUT2D eigenvalue weighted by molar-refractivity contribution is 7.89. The van der Waals surface area contributed by atoms with Crippen LogP contribution >= 0.6 is 0 Å². The van der Waals surface area contributed by atoms with Crippen LogP contribution in [0.4, 0.5) is 0 Å². The first-order chi connectivity index (χ1) is 10.9. The molecule has 0 unspecified atom stereocenters. The lowest BCUT2D eigenvalue weighted by molar-refractivity contribution is -0.119. The van der Waals surface area contributed by atoms with Crippen molar-refractivity contribution in [2.75, 3.05) is 12.3 Å². The van der Waals surface area contributed by atoms with Gasteiger partial charge in [-0.05, 0) is 24.8 Å². The van der Waals surface area contributed by atoms with Gasteiger partial charge in [0.05, 0.1) is 36.8 Å². The van der Waals surface area contributed by atoms with Gasteiger partial charge in [-0.15, -0.1) is 0 Å². The Bertz CT molecular complexity index is 677. The largest absolute Gasteiger partial charge is 0.351 e. The first-order valence-corrected chi connectivity index (χ1v) is 9.83. The highest BCUT2D eigenvalue weighted by atomic mass is 32.2. The number of hydrogen-bond donors (Lipinski definition) is 1. The zero-order chi connectivity index (χ0) is 16.4. The van der Waals surface area contributed by atoms with E-state index in [1.165, 1.54) is 6.92 Å². The normalized spacial score (nSPS) is 19.7. The number of nitrogens with zero attached hydrogens (tertiary/aromatic N) is 3. The van der Waals surface area contributed by atoms with Crippen LogP contribution in [0.5, 0.6) is 0 Å². The molecular weight excluding hydrogens is 316 g/mol. The molecule has 0 bridgehead atoms. The fourth-order valence-corrected chi connectivity index (χ4v) is 5.25. The predicted molar refractivity (Wildman–Crippen MR) is 85.9 cm³/mol. The van der Waals surface area contributed by atoms with Gasteiger partial charge < -0.3 is 5.32 Å². The Balaban J connectivity index is 1.65. The summed E-state index contributed by atoms with van der Waals surface area (Å²) in [5.41, 5.74) is 1.66. The van der Waals surface area contributed by atoms with Crippen LogP contribution in [0.2, 0.25) is 0 Å². The molecule has 2 heterocycles. The number of aromatic nitrogens is 2. The first kappa shape index (κ1) is 16.4. The lowest BCUT2D eigenvalue weighted by atomic mass is 10.1. The van der Waals surface area contributed by atoms with Crippen LogP contribution in [0.25, 0.3) is 0 Å². The van der Waals surface area contributed by atoms with Gasteiger partial charge in [0.2, 0.25) is 15.9 Å². The minimum absolute atomic E-state index is 0.100. The van der Waals surface area contributed by atoms with Crippen molar-refractivity contribution in [3.63, 3.8) is 0 Å². The van der Waals surface area contributed by atoms with Crippen molar-refractivity contribution in [3.05, 3.63) is 17.5 Å². The van der Waals surface area contributed by atoms with Gasteiger partial charge in [-0.3, -0.25) is 9.48 Å². The average Bonchev–Trinajstić information content (AvgIpc) is 3.12. The van der Waals surface area contributed by atoms with Gasteiger partial charge in [-0.2, -0.15) is 9.40 Å². The molecule has 1 fully saturated rings. The third-order valence-corrected chi connectivity index (χ3v) is 6.64. The molecule has 3 rings (SSSR count). The summed E-state index contributed by atoms with van der Waals surface area (Å²) in [7, 11) is -3.20. The third-order valence-electron chi connectivity index (χ3n) is 4.65. The molecule has 23 heavy (non-hydrogen) atoms. The van der Waals surface area contributed by atoms with E-state index in [1.54, 1.807) is 4.31 Å². The van der Waals surface area contributed by atoms with Crippen LogP contribution in [-0.2, 0) is 34.5 Å². The average molecular weight is 340 g/mol. The molecule has 1 aliphatic carbocycles. The van der Waals surface area contributed by atoms with E-state index in [4.69, 9.17) is 0 Å². The van der Waals surface area contributed by atoms with E-state index >= 15 is 0 Å². The van der Waals surface area contributed by atoms with Crippen molar-refractivity contribution in [2.24, 2.45) is 5.92 Å². The molecule has 7 nitrogen and oxygen atoms in total. The topological polar surface area (TPSA) is 84.3 Å². The van der Waals surface area contributed by atoms with E-state index in [0.29, 0.717) is 32.1 Å². The molecule has 1 aliphatic heterocycles. The Kier molecular flexibility index (Phi) is 4.72. The molecule has 1 N–H and O–H groups in total. The Labute approximate surface area is 137 Å². The maximum Gasteiger partial charge on any atom is 0.217 e. The van der Waals surface area contributed by atoms with Gasteiger partial charge in [0.15, 0.2) is 0 Å². The van der Waals surface area contributed by atoms with Crippen LogP contribution in [0.3, 0.4) is 0 Å². The second-order valence-electron chi connectivity index (χ2n) is 6.52. The molecule has 0 atom stereocenters. The van der Waals surface area contributed by atoms with Gasteiger partial charge >= 0.3 is 0 Å². The van der Waals surface area contributed by atoms with Crippen molar-refractivity contribution >= 4 is 15.9 Å². The smallest absolute Gasteiger partial charge is 0.217 e. The van der Waals surface area contributed by atoms with Gasteiger partial charge in [-0.1, -0.05) is 12.8 Å². The summed E-state index contributed by atoms with van der Waals surface area (Å²) in [4.78, 5) is 11.0. The lowest BCUT2D eigenvalue weighted by Crippen LogP contribution is -2.40. The summed E-state index contributed by atoms with van der Waals surface area (Å²) in [6.07, 6.45) is 4.37. The van der Waals surface area contributed by atoms with Crippen molar-refractivity contribution in [2.45, 2.75) is 52.2 Å². The van der Waals surface area contributed by atoms with Gasteiger partial charge in [0.1, 0.15) is 0 Å². The molecule has 1 amide bonds. The molecule has 1 aromatic heterocycles. The van der Waals surface area contributed by atoms with E-state index < -0.39 is 10.0 Å². The van der Waals surface area contributed by atoms with Gasteiger partial charge in [-0.25, -0.2) is 8.42 Å². The molecule has 1 saturated carbocycles. The number of amides is 1. The zero-order valence-electron chi connectivity index (χ0n) is 13.5. The van der Waals surface area contributed by atoms with Gasteiger partial charge in [0.25, 0.3) is 0 Å². The fourth-order valence-electron chi connectivity index (χ4n) is 3.42. The fraction of sp³-hybridized carbons (Fsp3) is 0.733. The van der Waals surface area contributed by atoms with Crippen LogP contribution in [0.15, 0.2) is 6.07 Å². The van der Waals surface area contributed by atoms with E-state index in [1.807, 2.05) is 10.7 Å². The monoisotopic (exact) mass is 340 g/mol. The number of sulfonamides is 1. The van der Waals surface area contributed by atoms with Crippen LogP contribution in [-0.4, -0.2) is 40.7 Å². The quantitative estimate of drug-likeness (QED) is 0.861. The Morgan fingerprint density at radius 1 is 1.35 bits per heavy atom. The number of carbonyl (C=O) groups is 1. The van der Waals surface area contributed by atoms with Crippen molar-refractivity contribution in [1.29, 1.82) is 0 Å². The highest BCUT2D eigenvalue weighted by Crippen LogP contribution is 2.28. The lowest BCUT2D eigenvalue weighted by Gasteiger charge is -2.28. The molecule has 8 heteroatoms. The SMILES string of the molecule is CC(=O)NCc1cc2n(n1)CCN(S(=O)(=O)CC1CCCC1)C2. The summed E-state index contributed by atoms with van der Waals surface area (Å²) in [6, 6.07) is 1.88. The molecule has 1 aromatic rings. The van der Waals surface area contributed by atoms with E-state index in [2.05, 4.69) is 10.4 Å². The molecular formula is C15H24N4O3S. The van der Waals surface area contributed by atoms with Crippen molar-refractivity contribution in [3.8, 4) is 0 Å². The molecule has 0 spiro atoms. The summed E-state index contributed by atoms with van der Waals surface area (Å²) < 4.78 is 28.7. The molecule has 128 valence electrons. The summed E-state index contributed by atoms with van der Waals surface area (Å²) in [5.74, 6) is 0.499. The maximum absolute atomic E-state index is 12.6. The standard InChI is InChI=1S/C15H24N4O3S/c1-12(20)16-9-14-8-15-10-18(6-7-19(15)17-14)23(21,22)11-13-4-2-3-5-13/h8,13H,2-7,9-11H2,1H3,(H,16,20). The number of hydrogen-bond acceptors (Lipinski definition) is 4. The van der Waals surface area contributed by atoms with Gasteiger partial charge in [0, 0.05) is 13.5 Å². The Morgan fingerprint density at radius 3 is 2.78 bits per heavy atom. The number of rotatable bonds is 5. The molecule has 0 saturated heterocycles. The predicted octanol–water partition coefficient (Wildman–Crippen LogP) is 0.855. The molecule has 0 radical (unpaired) electrons. The van der Waals surface area contributed by atoms with E-state index in [9.17, 15) is 13.2 Å². The summed E-state index contributed by atoms with van der Waals surface area (Å²) in [5, 5.41) is 7.14. The second-order valence-corrected chi connectivity index (χ2v) is 8.54. The van der Waals surface area contributed by atoms with Crippen molar-refractivity contribution < 1.29 is 13.2 Å². The zero-order valence-corrected chi connectivity index (χ0v) is 14.3. The molecule has 0 aromatic carbocycles. The number of nitrogens with one attached hydrogen (secondary N) is 1. The number of carbonyl (C=O) groups excluding carboxylic acids is 1. The molecule has 2 aliphatic rings.